The van der Waals surface area contributed by atoms with E-state index in [1.807, 2.05) is 6.92 Å². The molecule has 0 bridgehead atoms. The molecule has 2 rings (SSSR count). The summed E-state index contributed by atoms with van der Waals surface area (Å²) in [6.45, 7) is 1.89. The van der Waals surface area contributed by atoms with Crippen LogP contribution in [-0.4, -0.2) is 37.4 Å². The van der Waals surface area contributed by atoms with Crippen molar-refractivity contribution in [2.45, 2.75) is 33.1 Å². The normalized spacial score (nSPS) is 12.7. The summed E-state index contributed by atoms with van der Waals surface area (Å²) in [4.78, 5) is 5.14. The van der Waals surface area contributed by atoms with Gasteiger partial charge in [0.2, 0.25) is 0 Å². The van der Waals surface area contributed by atoms with Crippen LogP contribution in [0.4, 0.5) is 8.78 Å². The van der Waals surface area contributed by atoms with E-state index in [-0.39, 0.29) is 24.6 Å². The Morgan fingerprint density at radius 3 is 2.66 bits per heavy atom. The number of hydrogen-bond donors (Lipinski definition) is 3. The van der Waals surface area contributed by atoms with Crippen LogP contribution in [0.15, 0.2) is 35.3 Å². The average Bonchev–Trinajstić information content (AvgIpc) is 3.12. The fourth-order valence-electron chi connectivity index (χ4n) is 2.49. The van der Waals surface area contributed by atoms with Crippen LogP contribution in [0.1, 0.15) is 30.4 Å². The van der Waals surface area contributed by atoms with Gasteiger partial charge in [-0.1, -0.05) is 23.7 Å². The highest BCUT2D eigenvalue weighted by Gasteiger charge is 2.16. The Hall–Kier alpha value is -2.10. The molecule has 0 spiro atoms. The van der Waals surface area contributed by atoms with Crippen LogP contribution in [0.25, 0.3) is 0 Å². The third kappa shape index (κ3) is 7.34. The van der Waals surface area contributed by atoms with Gasteiger partial charge in [0.15, 0.2) is 17.5 Å². The summed E-state index contributed by atoms with van der Waals surface area (Å²) in [6, 6.07) is 8.39. The highest BCUT2D eigenvalue weighted by Crippen LogP contribution is 2.33. The SMILES string of the molecule is CCNC(=NCc1cccc(OCC)c1OC(F)F)NCC(O)c1ccc(Cl)s1. The quantitative estimate of drug-likeness (QED) is 0.376. The van der Waals surface area contributed by atoms with Crippen molar-refractivity contribution in [1.29, 1.82) is 0 Å². The van der Waals surface area contributed by atoms with Gasteiger partial charge in [0.1, 0.15) is 6.10 Å². The molecule has 0 aliphatic carbocycles. The molecule has 0 amide bonds. The largest absolute Gasteiger partial charge is 0.490 e. The molecule has 0 aliphatic rings. The molecule has 1 atom stereocenters. The van der Waals surface area contributed by atoms with Gasteiger partial charge in [0.25, 0.3) is 0 Å². The minimum Gasteiger partial charge on any atom is -0.490 e. The Labute approximate surface area is 177 Å². The van der Waals surface area contributed by atoms with E-state index in [1.165, 1.54) is 11.3 Å². The van der Waals surface area contributed by atoms with Crippen LogP contribution in [0.5, 0.6) is 11.5 Å². The van der Waals surface area contributed by atoms with E-state index in [2.05, 4.69) is 20.4 Å². The van der Waals surface area contributed by atoms with Gasteiger partial charge in [0, 0.05) is 23.5 Å². The van der Waals surface area contributed by atoms with Crippen molar-refractivity contribution in [1.82, 2.24) is 10.6 Å². The summed E-state index contributed by atoms with van der Waals surface area (Å²) in [6.07, 6.45) is -0.754. The molecule has 2 aromatic rings. The maximum atomic E-state index is 12.8. The molecule has 1 aromatic carbocycles. The van der Waals surface area contributed by atoms with Gasteiger partial charge < -0.3 is 25.2 Å². The lowest BCUT2D eigenvalue weighted by Crippen LogP contribution is -2.39. The van der Waals surface area contributed by atoms with Crippen LogP contribution in [0.3, 0.4) is 0 Å². The van der Waals surface area contributed by atoms with Crippen LogP contribution in [0, 0.1) is 0 Å². The molecular formula is C19H24ClF2N3O3S. The molecule has 1 heterocycles. The summed E-state index contributed by atoms with van der Waals surface area (Å²) in [7, 11) is 0. The van der Waals surface area contributed by atoms with Crippen LogP contribution in [0.2, 0.25) is 4.34 Å². The zero-order chi connectivity index (χ0) is 21.2. The topological polar surface area (TPSA) is 75.1 Å². The van der Waals surface area contributed by atoms with Gasteiger partial charge in [-0.2, -0.15) is 8.78 Å². The Morgan fingerprint density at radius 2 is 2.03 bits per heavy atom. The van der Waals surface area contributed by atoms with E-state index >= 15 is 0 Å². The summed E-state index contributed by atoms with van der Waals surface area (Å²) >= 11 is 7.19. The van der Waals surface area contributed by atoms with Gasteiger partial charge in [-0.05, 0) is 32.0 Å². The first-order chi connectivity index (χ1) is 13.9. The molecule has 29 heavy (non-hydrogen) atoms. The van der Waals surface area contributed by atoms with Gasteiger partial charge in [0.05, 0.1) is 17.5 Å². The predicted molar refractivity (Wildman–Crippen MR) is 111 cm³/mol. The number of ether oxygens (including phenoxy) is 2. The van der Waals surface area contributed by atoms with Gasteiger partial charge in [-0.3, -0.25) is 0 Å². The number of nitrogens with one attached hydrogen (secondary N) is 2. The minimum atomic E-state index is -2.97. The van der Waals surface area contributed by atoms with E-state index < -0.39 is 12.7 Å². The number of aliphatic hydroxyl groups is 1. The third-order valence-electron chi connectivity index (χ3n) is 3.70. The molecule has 0 saturated carbocycles. The molecule has 160 valence electrons. The van der Waals surface area contributed by atoms with E-state index in [4.69, 9.17) is 16.3 Å². The van der Waals surface area contributed by atoms with Crippen LogP contribution < -0.4 is 20.1 Å². The lowest BCUT2D eigenvalue weighted by molar-refractivity contribution is -0.0520. The summed E-state index contributed by atoms with van der Waals surface area (Å²) in [5, 5.41) is 16.3. The number of thiophene rings is 1. The number of aliphatic imine (C=N–C) groups is 1. The Bertz CT molecular complexity index is 805. The standard InChI is InChI=1S/C19H24ClF2N3O3S/c1-3-23-19(25-11-13(26)15-8-9-16(20)29-15)24-10-12-6-5-7-14(27-4-2)17(12)28-18(21)22/h5-9,13,18,26H,3-4,10-11H2,1-2H3,(H2,23,24,25). The zero-order valence-corrected chi connectivity index (χ0v) is 17.7. The maximum absolute atomic E-state index is 12.8. The fraction of sp³-hybridized carbons (Fsp3) is 0.421. The molecule has 0 saturated heterocycles. The number of guanidine groups is 1. The number of rotatable bonds is 10. The number of nitrogens with zero attached hydrogens (tertiary/aromatic N) is 1. The molecule has 0 radical (unpaired) electrons. The Morgan fingerprint density at radius 1 is 1.24 bits per heavy atom. The van der Waals surface area contributed by atoms with Crippen molar-refractivity contribution >= 4 is 28.9 Å². The Balaban J connectivity index is 2.11. The molecule has 1 aromatic heterocycles. The number of hydrogen-bond acceptors (Lipinski definition) is 5. The second-order valence-corrected chi connectivity index (χ2v) is 7.54. The van der Waals surface area contributed by atoms with E-state index in [0.29, 0.717) is 29.0 Å². The van der Waals surface area contributed by atoms with Gasteiger partial charge in [-0.25, -0.2) is 4.99 Å². The highest BCUT2D eigenvalue weighted by atomic mass is 35.5. The van der Waals surface area contributed by atoms with Crippen molar-refractivity contribution in [2.24, 2.45) is 4.99 Å². The van der Waals surface area contributed by atoms with Crippen LogP contribution >= 0.6 is 22.9 Å². The fourth-order valence-corrected chi connectivity index (χ4v) is 3.53. The van der Waals surface area contributed by atoms with Crippen molar-refractivity contribution < 1.29 is 23.4 Å². The molecule has 0 aliphatic heterocycles. The lowest BCUT2D eigenvalue weighted by Gasteiger charge is -2.16. The number of para-hydroxylation sites is 1. The summed E-state index contributed by atoms with van der Waals surface area (Å²) in [5.41, 5.74) is 0.457. The van der Waals surface area contributed by atoms with E-state index in [1.54, 1.807) is 37.3 Å². The van der Waals surface area contributed by atoms with Crippen molar-refractivity contribution in [2.75, 3.05) is 19.7 Å². The van der Waals surface area contributed by atoms with Gasteiger partial charge in [-0.15, -0.1) is 11.3 Å². The molecule has 6 nitrogen and oxygen atoms in total. The van der Waals surface area contributed by atoms with Crippen molar-refractivity contribution in [3.63, 3.8) is 0 Å². The molecular weight excluding hydrogens is 424 g/mol. The maximum Gasteiger partial charge on any atom is 0.387 e. The first kappa shape index (κ1) is 23.2. The van der Waals surface area contributed by atoms with Crippen molar-refractivity contribution in [3.8, 4) is 11.5 Å². The molecule has 1 unspecified atom stereocenters. The second-order valence-electron chi connectivity index (χ2n) is 5.79. The number of benzene rings is 1. The predicted octanol–water partition coefficient (Wildman–Crippen LogP) is 4.19. The summed E-state index contributed by atoms with van der Waals surface area (Å²) < 4.78 is 36.3. The summed E-state index contributed by atoms with van der Waals surface area (Å²) in [5.74, 6) is 0.639. The third-order valence-corrected chi connectivity index (χ3v) is 5.04. The monoisotopic (exact) mass is 447 g/mol. The number of halogens is 3. The minimum absolute atomic E-state index is 0.0304. The zero-order valence-electron chi connectivity index (χ0n) is 16.1. The first-order valence-electron chi connectivity index (χ1n) is 9.09. The van der Waals surface area contributed by atoms with E-state index in [0.717, 1.165) is 4.88 Å². The smallest absolute Gasteiger partial charge is 0.387 e. The molecule has 3 N–H and O–H groups in total. The first-order valence-corrected chi connectivity index (χ1v) is 10.3. The lowest BCUT2D eigenvalue weighted by atomic mass is 10.2. The molecule has 0 fully saturated rings. The average molecular weight is 448 g/mol. The van der Waals surface area contributed by atoms with Crippen LogP contribution in [-0.2, 0) is 6.54 Å². The number of alkyl halides is 2. The number of aliphatic hydroxyl groups excluding tert-OH is 1. The molecule has 10 heteroatoms. The second kappa shape index (κ2) is 11.8. The van der Waals surface area contributed by atoms with Crippen molar-refractivity contribution in [3.05, 3.63) is 45.1 Å². The van der Waals surface area contributed by atoms with Gasteiger partial charge >= 0.3 is 6.61 Å². The highest BCUT2D eigenvalue weighted by molar-refractivity contribution is 7.16. The van der Waals surface area contributed by atoms with E-state index in [9.17, 15) is 13.9 Å². The Kier molecular flexibility index (Phi) is 9.43.